The lowest BCUT2D eigenvalue weighted by Crippen LogP contribution is -2.22. The number of nitrogens with one attached hydrogen (secondary N) is 1. The summed E-state index contributed by atoms with van der Waals surface area (Å²) in [4.78, 5) is 12.1. The van der Waals surface area contributed by atoms with Gasteiger partial charge in [0.05, 0.1) is 5.69 Å². The van der Waals surface area contributed by atoms with Crippen LogP contribution in [0, 0.1) is 0 Å². The van der Waals surface area contributed by atoms with Crippen molar-refractivity contribution < 1.29 is 4.79 Å². The van der Waals surface area contributed by atoms with Gasteiger partial charge in [-0.15, -0.1) is 0 Å². The molecule has 0 fully saturated rings. The molecule has 0 saturated carbocycles. The third-order valence-corrected chi connectivity index (χ3v) is 3.52. The Bertz CT molecular complexity index is 750. The van der Waals surface area contributed by atoms with Crippen molar-refractivity contribution in [3.63, 3.8) is 0 Å². The first-order chi connectivity index (χ1) is 10.7. The Morgan fingerprint density at radius 2 is 1.82 bits per heavy atom. The van der Waals surface area contributed by atoms with Crippen molar-refractivity contribution in [2.24, 2.45) is 0 Å². The lowest BCUT2D eigenvalue weighted by atomic mass is 10.2. The molecule has 3 rings (SSSR count). The summed E-state index contributed by atoms with van der Waals surface area (Å²) in [5, 5.41) is 7.72. The second-order valence-corrected chi connectivity index (χ2v) is 5.24. The Labute approximate surface area is 133 Å². The smallest absolute Gasteiger partial charge is 0.251 e. The van der Waals surface area contributed by atoms with Crippen LogP contribution in [0.4, 0.5) is 0 Å². The Morgan fingerprint density at radius 3 is 2.45 bits per heavy atom. The van der Waals surface area contributed by atoms with Gasteiger partial charge in [-0.05, 0) is 48.0 Å². The van der Waals surface area contributed by atoms with Gasteiger partial charge in [0.25, 0.3) is 5.91 Å². The number of carbonyl (C=O) groups excluding carboxylic acids is 1. The van der Waals surface area contributed by atoms with Crippen LogP contribution in [0.2, 0.25) is 5.02 Å². The molecule has 1 amide bonds. The highest BCUT2D eigenvalue weighted by molar-refractivity contribution is 6.30. The van der Waals surface area contributed by atoms with E-state index < -0.39 is 0 Å². The molecule has 1 N–H and O–H groups in total. The zero-order valence-electron chi connectivity index (χ0n) is 11.7. The predicted molar refractivity (Wildman–Crippen MR) is 86.2 cm³/mol. The van der Waals surface area contributed by atoms with Gasteiger partial charge in [-0.1, -0.05) is 23.7 Å². The van der Waals surface area contributed by atoms with E-state index in [9.17, 15) is 4.79 Å². The Hall–Kier alpha value is -2.59. The third-order valence-electron chi connectivity index (χ3n) is 3.26. The first-order valence-corrected chi connectivity index (χ1v) is 7.23. The maximum Gasteiger partial charge on any atom is 0.251 e. The van der Waals surface area contributed by atoms with Crippen molar-refractivity contribution in [2.45, 2.75) is 6.54 Å². The van der Waals surface area contributed by atoms with Crippen LogP contribution in [-0.2, 0) is 6.54 Å². The molecule has 1 heterocycles. The molecular weight excluding hydrogens is 298 g/mol. The summed E-state index contributed by atoms with van der Waals surface area (Å²) in [7, 11) is 0. The van der Waals surface area contributed by atoms with Crippen molar-refractivity contribution in [2.75, 3.05) is 0 Å². The molecule has 0 unspecified atom stereocenters. The molecule has 0 radical (unpaired) electrons. The largest absolute Gasteiger partial charge is 0.348 e. The van der Waals surface area contributed by atoms with Crippen LogP contribution in [0.1, 0.15) is 15.9 Å². The van der Waals surface area contributed by atoms with Crippen LogP contribution in [0.5, 0.6) is 0 Å². The van der Waals surface area contributed by atoms with Crippen molar-refractivity contribution in [1.82, 2.24) is 15.1 Å². The zero-order valence-corrected chi connectivity index (χ0v) is 12.5. The van der Waals surface area contributed by atoms with Crippen LogP contribution in [0.3, 0.4) is 0 Å². The van der Waals surface area contributed by atoms with Gasteiger partial charge < -0.3 is 5.32 Å². The van der Waals surface area contributed by atoms with Crippen molar-refractivity contribution in [3.05, 3.63) is 83.1 Å². The maximum atomic E-state index is 12.1. The second kappa shape index (κ2) is 6.45. The zero-order chi connectivity index (χ0) is 15.4. The molecule has 4 nitrogen and oxygen atoms in total. The van der Waals surface area contributed by atoms with E-state index in [0.29, 0.717) is 17.1 Å². The molecule has 0 saturated heterocycles. The molecule has 0 atom stereocenters. The number of amides is 1. The third kappa shape index (κ3) is 3.35. The van der Waals surface area contributed by atoms with E-state index in [0.717, 1.165) is 11.3 Å². The molecule has 0 bridgehead atoms. The van der Waals surface area contributed by atoms with Crippen LogP contribution in [0.25, 0.3) is 5.69 Å². The number of halogens is 1. The van der Waals surface area contributed by atoms with Gasteiger partial charge in [0, 0.05) is 29.5 Å². The summed E-state index contributed by atoms with van der Waals surface area (Å²) in [5.74, 6) is -0.109. The number of carbonyl (C=O) groups is 1. The van der Waals surface area contributed by atoms with Crippen LogP contribution < -0.4 is 5.32 Å². The summed E-state index contributed by atoms with van der Waals surface area (Å²) in [6.07, 6.45) is 3.57. The normalized spacial score (nSPS) is 10.4. The molecule has 2 aromatic carbocycles. The molecule has 3 aromatic rings. The minimum atomic E-state index is -0.109. The number of benzene rings is 2. The highest BCUT2D eigenvalue weighted by atomic mass is 35.5. The van der Waals surface area contributed by atoms with E-state index in [1.165, 1.54) is 0 Å². The van der Waals surface area contributed by atoms with E-state index in [4.69, 9.17) is 11.6 Å². The van der Waals surface area contributed by atoms with Crippen molar-refractivity contribution in [3.8, 4) is 5.69 Å². The van der Waals surface area contributed by atoms with Gasteiger partial charge in [0.15, 0.2) is 0 Å². The minimum absolute atomic E-state index is 0.109. The molecule has 110 valence electrons. The predicted octanol–water partition coefficient (Wildman–Crippen LogP) is 3.46. The lowest BCUT2D eigenvalue weighted by Gasteiger charge is -2.07. The number of hydrogen-bond donors (Lipinski definition) is 1. The van der Waals surface area contributed by atoms with E-state index >= 15 is 0 Å². The maximum absolute atomic E-state index is 12.1. The SMILES string of the molecule is O=C(NCc1ccc(Cl)cc1)c1ccc(-n2cccn2)cc1. The number of rotatable bonds is 4. The fraction of sp³-hybridized carbons (Fsp3) is 0.0588. The standard InChI is InChI=1S/C17H14ClN3O/c18-15-6-2-13(3-7-15)12-19-17(22)14-4-8-16(9-5-14)21-11-1-10-20-21/h1-11H,12H2,(H,19,22). The lowest BCUT2D eigenvalue weighted by molar-refractivity contribution is 0.0951. The molecular formula is C17H14ClN3O. The van der Waals surface area contributed by atoms with Gasteiger partial charge >= 0.3 is 0 Å². The highest BCUT2D eigenvalue weighted by Gasteiger charge is 2.06. The average Bonchev–Trinajstić information content (AvgIpc) is 3.09. The van der Waals surface area contributed by atoms with Gasteiger partial charge in [-0.3, -0.25) is 4.79 Å². The monoisotopic (exact) mass is 311 g/mol. The number of nitrogens with zero attached hydrogens (tertiary/aromatic N) is 2. The molecule has 5 heteroatoms. The van der Waals surface area contributed by atoms with Crippen LogP contribution in [-0.4, -0.2) is 15.7 Å². The Balaban J connectivity index is 1.63. The first-order valence-electron chi connectivity index (χ1n) is 6.85. The number of hydrogen-bond acceptors (Lipinski definition) is 2. The number of aromatic nitrogens is 2. The second-order valence-electron chi connectivity index (χ2n) is 4.81. The minimum Gasteiger partial charge on any atom is -0.348 e. The summed E-state index contributed by atoms with van der Waals surface area (Å²) in [5.41, 5.74) is 2.54. The van der Waals surface area contributed by atoms with Crippen LogP contribution in [0.15, 0.2) is 67.0 Å². The molecule has 0 aliphatic heterocycles. The van der Waals surface area contributed by atoms with Gasteiger partial charge in [0.1, 0.15) is 0 Å². The first kappa shape index (κ1) is 14.4. The van der Waals surface area contributed by atoms with E-state index in [1.807, 2.05) is 48.7 Å². The average molecular weight is 312 g/mol. The summed E-state index contributed by atoms with van der Waals surface area (Å²) in [6, 6.07) is 16.6. The molecule has 0 spiro atoms. The Kier molecular flexibility index (Phi) is 4.21. The summed E-state index contributed by atoms with van der Waals surface area (Å²) in [6.45, 7) is 0.469. The van der Waals surface area contributed by atoms with E-state index in [1.54, 1.807) is 23.0 Å². The molecule has 0 aliphatic carbocycles. The fourth-order valence-electron chi connectivity index (χ4n) is 2.07. The molecule has 1 aromatic heterocycles. The summed E-state index contributed by atoms with van der Waals surface area (Å²) < 4.78 is 1.75. The molecule has 0 aliphatic rings. The van der Waals surface area contributed by atoms with Crippen LogP contribution >= 0.6 is 11.6 Å². The van der Waals surface area contributed by atoms with Crippen molar-refractivity contribution >= 4 is 17.5 Å². The fourth-order valence-corrected chi connectivity index (χ4v) is 2.20. The van der Waals surface area contributed by atoms with Gasteiger partial charge in [0.2, 0.25) is 0 Å². The van der Waals surface area contributed by atoms with E-state index in [-0.39, 0.29) is 5.91 Å². The van der Waals surface area contributed by atoms with E-state index in [2.05, 4.69) is 10.4 Å². The van der Waals surface area contributed by atoms with Gasteiger partial charge in [-0.2, -0.15) is 5.10 Å². The molecule has 22 heavy (non-hydrogen) atoms. The topological polar surface area (TPSA) is 46.9 Å². The summed E-state index contributed by atoms with van der Waals surface area (Å²) >= 11 is 5.83. The van der Waals surface area contributed by atoms with Crippen molar-refractivity contribution in [1.29, 1.82) is 0 Å². The highest BCUT2D eigenvalue weighted by Crippen LogP contribution is 2.11. The quantitative estimate of drug-likeness (QED) is 0.802. The Morgan fingerprint density at radius 1 is 1.09 bits per heavy atom. The van der Waals surface area contributed by atoms with Gasteiger partial charge in [-0.25, -0.2) is 4.68 Å².